The molecule has 4 aliphatic carbocycles. The van der Waals surface area contributed by atoms with Crippen LogP contribution < -0.4 is 0 Å². The highest BCUT2D eigenvalue weighted by Gasteiger charge is 2.62. The molecule has 0 spiro atoms. The first-order valence-corrected chi connectivity index (χ1v) is 12.6. The fourth-order valence-corrected chi connectivity index (χ4v) is 9.03. The molecule has 9 atom stereocenters. The predicted octanol–water partition coefficient (Wildman–Crippen LogP) is 5.19. The predicted molar refractivity (Wildman–Crippen MR) is 122 cm³/mol. The first kappa shape index (κ1) is 20.9. The van der Waals surface area contributed by atoms with E-state index in [1.54, 1.807) is 0 Å². The summed E-state index contributed by atoms with van der Waals surface area (Å²) in [6.07, 6.45) is 13.7. The second kappa shape index (κ2) is 6.68. The first-order chi connectivity index (χ1) is 15.2. The van der Waals surface area contributed by atoms with Gasteiger partial charge in [-0.25, -0.2) is 4.79 Å². The molecule has 1 unspecified atom stereocenters. The lowest BCUT2D eigenvalue weighted by Crippen LogP contribution is -2.57. The van der Waals surface area contributed by atoms with Gasteiger partial charge in [-0.05, 0) is 87.5 Å². The summed E-state index contributed by atoms with van der Waals surface area (Å²) < 4.78 is 12.2. The topological polar surface area (TPSA) is 52.6 Å². The number of ketones is 1. The highest BCUT2D eigenvalue weighted by molar-refractivity contribution is 5.98. The fraction of sp³-hybridized carbons (Fsp3) is 0.714. The van der Waals surface area contributed by atoms with Crippen LogP contribution in [0.15, 0.2) is 36.0 Å². The minimum absolute atomic E-state index is 0.0644. The quantitative estimate of drug-likeness (QED) is 0.323. The molecule has 0 N–H and O–H groups in total. The van der Waals surface area contributed by atoms with Crippen LogP contribution in [0.3, 0.4) is 0 Å². The Kier molecular flexibility index (Phi) is 4.36. The lowest BCUT2D eigenvalue weighted by Gasteiger charge is -2.57. The molecule has 2 aliphatic heterocycles. The third kappa shape index (κ3) is 2.53. The molecule has 6 aliphatic rings. The molecule has 0 aromatic rings. The van der Waals surface area contributed by atoms with Crippen LogP contribution in [0.2, 0.25) is 0 Å². The monoisotopic (exact) mass is 436 g/mol. The van der Waals surface area contributed by atoms with E-state index in [0.717, 1.165) is 32.1 Å². The van der Waals surface area contributed by atoms with E-state index in [1.807, 2.05) is 19.1 Å². The number of hydrogen-bond acceptors (Lipinski definition) is 4. The zero-order valence-corrected chi connectivity index (χ0v) is 19.7. The largest absolute Gasteiger partial charge is 0.458 e. The first-order valence-electron chi connectivity index (χ1n) is 12.6. The Bertz CT molecular complexity index is 960. The van der Waals surface area contributed by atoms with Gasteiger partial charge in [-0.3, -0.25) is 4.79 Å². The van der Waals surface area contributed by atoms with Gasteiger partial charge in [0.25, 0.3) is 0 Å². The molecular weight excluding hydrogens is 400 g/mol. The Morgan fingerprint density at radius 2 is 1.78 bits per heavy atom. The number of rotatable bonds is 1. The molecule has 172 valence electrons. The molecule has 4 nitrogen and oxygen atoms in total. The highest BCUT2D eigenvalue weighted by atomic mass is 16.6. The van der Waals surface area contributed by atoms with Gasteiger partial charge in [0.15, 0.2) is 5.78 Å². The summed E-state index contributed by atoms with van der Waals surface area (Å²) in [6, 6.07) is 0. The third-order valence-corrected chi connectivity index (χ3v) is 11.0. The summed E-state index contributed by atoms with van der Waals surface area (Å²) in [5.74, 6) is 2.46. The molecule has 2 heterocycles. The highest BCUT2D eigenvalue weighted by Crippen LogP contribution is 2.67. The van der Waals surface area contributed by atoms with Crippen LogP contribution in [0.4, 0.5) is 0 Å². The van der Waals surface area contributed by atoms with E-state index >= 15 is 0 Å². The van der Waals surface area contributed by atoms with Crippen molar-refractivity contribution in [2.75, 3.05) is 6.61 Å². The van der Waals surface area contributed by atoms with E-state index < -0.39 is 5.60 Å². The van der Waals surface area contributed by atoms with Gasteiger partial charge in [0, 0.05) is 12.3 Å². The molecule has 2 saturated heterocycles. The number of ether oxygens (including phenoxy) is 2. The van der Waals surface area contributed by atoms with Crippen LogP contribution in [-0.4, -0.2) is 30.1 Å². The summed E-state index contributed by atoms with van der Waals surface area (Å²) in [6.45, 7) is 11.3. The average molecular weight is 437 g/mol. The summed E-state index contributed by atoms with van der Waals surface area (Å²) in [5.41, 5.74) is 1.18. The molecule has 4 heteroatoms. The van der Waals surface area contributed by atoms with Gasteiger partial charge < -0.3 is 9.47 Å². The molecule has 0 radical (unpaired) electrons. The lowest BCUT2D eigenvalue weighted by atomic mass is 9.47. The SMILES string of the molecule is C=C1C(=O)O[C@@H]2C[C@@]1(C)OCC2[C@H]1CC[C@H]2[C@@H]3CC=C4CC=CC(=O)[C@]4(C)[C@H]3CC[C@]12C. The van der Waals surface area contributed by atoms with Crippen LogP contribution >= 0.6 is 0 Å². The maximum atomic E-state index is 13.1. The summed E-state index contributed by atoms with van der Waals surface area (Å²) in [5, 5.41) is 0. The smallest absolute Gasteiger partial charge is 0.336 e. The Morgan fingerprint density at radius 1 is 1.03 bits per heavy atom. The maximum Gasteiger partial charge on any atom is 0.336 e. The number of fused-ring (bicyclic) bond motifs is 7. The molecule has 0 aromatic heterocycles. The molecule has 4 fully saturated rings. The zero-order valence-electron chi connectivity index (χ0n) is 19.7. The van der Waals surface area contributed by atoms with Gasteiger partial charge >= 0.3 is 5.97 Å². The summed E-state index contributed by atoms with van der Waals surface area (Å²) in [7, 11) is 0. The lowest BCUT2D eigenvalue weighted by molar-refractivity contribution is -0.200. The van der Waals surface area contributed by atoms with Crippen LogP contribution in [0.1, 0.15) is 65.7 Å². The second-order valence-electron chi connectivity index (χ2n) is 12.1. The maximum absolute atomic E-state index is 13.1. The molecule has 2 saturated carbocycles. The standard InChI is InChI=1S/C28H36O4/c1-16-25(30)32-23-14-27(16,3)31-15-19(23)21-11-10-20-18-9-8-17-6-5-7-24(29)28(17,4)22(18)12-13-26(20,21)2/h5,7-8,18-23H,1,6,9-15H2,2-4H3/t18-,19?,20-,21+,22-,23+,26-,27+,28-/m0/s1. The number of carbonyl (C=O) groups is 2. The molecule has 32 heavy (non-hydrogen) atoms. The minimum atomic E-state index is -0.568. The van der Waals surface area contributed by atoms with Crippen molar-refractivity contribution >= 4 is 11.8 Å². The van der Waals surface area contributed by atoms with E-state index in [0.29, 0.717) is 41.6 Å². The molecule has 6 rings (SSSR count). The van der Waals surface area contributed by atoms with Crippen molar-refractivity contribution in [1.29, 1.82) is 0 Å². The Balaban J connectivity index is 1.29. The fourth-order valence-electron chi connectivity index (χ4n) is 9.03. The van der Waals surface area contributed by atoms with Gasteiger partial charge in [-0.15, -0.1) is 0 Å². The van der Waals surface area contributed by atoms with E-state index in [9.17, 15) is 9.59 Å². The Labute approximate surface area is 191 Å². The summed E-state index contributed by atoms with van der Waals surface area (Å²) >= 11 is 0. The van der Waals surface area contributed by atoms with E-state index in [-0.39, 0.29) is 28.8 Å². The molecule has 2 bridgehead atoms. The number of esters is 1. The number of carbonyl (C=O) groups excluding carboxylic acids is 2. The van der Waals surface area contributed by atoms with Crippen molar-refractivity contribution in [2.24, 2.45) is 40.4 Å². The second-order valence-corrected chi connectivity index (χ2v) is 12.1. The third-order valence-electron chi connectivity index (χ3n) is 11.0. The van der Waals surface area contributed by atoms with Gasteiger partial charge in [0.2, 0.25) is 0 Å². The van der Waals surface area contributed by atoms with Crippen molar-refractivity contribution in [2.45, 2.75) is 77.4 Å². The Hall–Kier alpha value is -1.68. The van der Waals surface area contributed by atoms with Crippen LogP contribution in [-0.2, 0) is 19.1 Å². The number of hydrogen-bond donors (Lipinski definition) is 0. The van der Waals surface area contributed by atoms with Crippen LogP contribution in [0, 0.1) is 40.4 Å². The van der Waals surface area contributed by atoms with Gasteiger partial charge in [-0.1, -0.05) is 31.2 Å². The minimum Gasteiger partial charge on any atom is -0.458 e. The van der Waals surface area contributed by atoms with E-state index in [1.165, 1.54) is 18.4 Å². The molecular formula is C28H36O4. The average Bonchev–Trinajstić information content (AvgIpc) is 3.10. The van der Waals surface area contributed by atoms with Crippen molar-refractivity contribution in [3.05, 3.63) is 36.0 Å². The van der Waals surface area contributed by atoms with Gasteiger partial charge in [0.1, 0.15) is 11.7 Å². The van der Waals surface area contributed by atoms with E-state index in [4.69, 9.17) is 9.47 Å². The van der Waals surface area contributed by atoms with Crippen molar-refractivity contribution < 1.29 is 19.1 Å². The molecule has 0 amide bonds. The van der Waals surface area contributed by atoms with Crippen LogP contribution in [0.5, 0.6) is 0 Å². The number of allylic oxidation sites excluding steroid dienone is 4. The Morgan fingerprint density at radius 3 is 2.56 bits per heavy atom. The zero-order chi connectivity index (χ0) is 22.5. The molecule has 0 aromatic carbocycles. The van der Waals surface area contributed by atoms with E-state index in [2.05, 4.69) is 26.5 Å². The van der Waals surface area contributed by atoms with Crippen molar-refractivity contribution in [3.8, 4) is 0 Å². The van der Waals surface area contributed by atoms with Gasteiger partial charge in [-0.2, -0.15) is 0 Å². The van der Waals surface area contributed by atoms with Gasteiger partial charge in [0.05, 0.1) is 17.6 Å². The normalized spacial score (nSPS) is 52.0. The van der Waals surface area contributed by atoms with Crippen molar-refractivity contribution in [3.63, 3.8) is 0 Å². The van der Waals surface area contributed by atoms with Crippen molar-refractivity contribution in [1.82, 2.24) is 0 Å². The summed E-state index contributed by atoms with van der Waals surface area (Å²) in [4.78, 5) is 25.6. The van der Waals surface area contributed by atoms with Crippen LogP contribution in [0.25, 0.3) is 0 Å².